The molecule has 4 nitrogen and oxygen atoms in total. The highest BCUT2D eigenvalue weighted by Gasteiger charge is 2.25. The molecule has 4 rings (SSSR count). The van der Waals surface area contributed by atoms with Crippen molar-refractivity contribution in [1.29, 1.82) is 5.26 Å². The van der Waals surface area contributed by atoms with Crippen molar-refractivity contribution in [2.75, 3.05) is 0 Å². The summed E-state index contributed by atoms with van der Waals surface area (Å²) in [7, 11) is 0. The Balaban J connectivity index is 1.90. The summed E-state index contributed by atoms with van der Waals surface area (Å²) in [6.07, 6.45) is 5.21. The van der Waals surface area contributed by atoms with E-state index in [1.54, 1.807) is 6.07 Å². The van der Waals surface area contributed by atoms with Gasteiger partial charge in [0.2, 0.25) is 0 Å². The molecular formula is C17H14N4. The number of hydrogen-bond acceptors (Lipinski definition) is 3. The number of pyridine rings is 1. The predicted molar refractivity (Wildman–Crippen MR) is 78.9 cm³/mol. The smallest absolute Gasteiger partial charge is 0.160 e. The standard InChI is InChI=1S/C17H14N4/c18-10-12-8-9-16-19-20-17(21(16)11-12)15-7-3-5-13-4-1-2-6-14(13)15/h1-2,4,6,8-9,11,15H,3,5,7H2. The quantitative estimate of drug-likeness (QED) is 0.685. The van der Waals surface area contributed by atoms with Crippen LogP contribution in [0.4, 0.5) is 0 Å². The van der Waals surface area contributed by atoms with Crippen LogP contribution in [0.25, 0.3) is 5.65 Å². The van der Waals surface area contributed by atoms with Crippen molar-refractivity contribution in [2.24, 2.45) is 0 Å². The maximum Gasteiger partial charge on any atom is 0.160 e. The van der Waals surface area contributed by atoms with Gasteiger partial charge in [0.15, 0.2) is 5.65 Å². The summed E-state index contributed by atoms with van der Waals surface area (Å²) in [6.45, 7) is 0. The third-order valence-corrected chi connectivity index (χ3v) is 4.24. The summed E-state index contributed by atoms with van der Waals surface area (Å²) < 4.78 is 1.96. The van der Waals surface area contributed by atoms with Gasteiger partial charge >= 0.3 is 0 Å². The molecule has 2 aromatic heterocycles. The van der Waals surface area contributed by atoms with Crippen molar-refractivity contribution >= 4 is 5.65 Å². The van der Waals surface area contributed by atoms with Crippen LogP contribution < -0.4 is 0 Å². The van der Waals surface area contributed by atoms with Gasteiger partial charge in [0, 0.05) is 12.1 Å². The average Bonchev–Trinajstić information content (AvgIpc) is 2.97. The van der Waals surface area contributed by atoms with E-state index in [9.17, 15) is 0 Å². The summed E-state index contributed by atoms with van der Waals surface area (Å²) in [5.41, 5.74) is 4.18. The molecule has 0 fully saturated rings. The van der Waals surface area contributed by atoms with Crippen LogP contribution in [0.5, 0.6) is 0 Å². The van der Waals surface area contributed by atoms with E-state index in [-0.39, 0.29) is 5.92 Å². The van der Waals surface area contributed by atoms with Crippen molar-refractivity contribution in [3.8, 4) is 6.07 Å². The van der Waals surface area contributed by atoms with Crippen molar-refractivity contribution in [3.05, 3.63) is 65.1 Å². The molecule has 0 spiro atoms. The van der Waals surface area contributed by atoms with Crippen LogP contribution in [0.3, 0.4) is 0 Å². The molecular weight excluding hydrogens is 260 g/mol. The first-order valence-corrected chi connectivity index (χ1v) is 7.19. The maximum absolute atomic E-state index is 9.09. The Morgan fingerprint density at radius 2 is 2.05 bits per heavy atom. The summed E-state index contributed by atoms with van der Waals surface area (Å²) in [4.78, 5) is 0. The van der Waals surface area contributed by atoms with E-state index in [1.807, 2.05) is 16.7 Å². The van der Waals surface area contributed by atoms with Gasteiger partial charge in [-0.05, 0) is 42.5 Å². The molecule has 102 valence electrons. The SMILES string of the molecule is N#Cc1ccc2nnc(C3CCCc4ccccc43)n2c1. The van der Waals surface area contributed by atoms with Crippen LogP contribution in [-0.2, 0) is 6.42 Å². The Kier molecular flexibility index (Phi) is 2.71. The highest BCUT2D eigenvalue weighted by molar-refractivity contribution is 5.45. The first-order valence-electron chi connectivity index (χ1n) is 7.19. The minimum Gasteiger partial charge on any atom is -0.285 e. The van der Waals surface area contributed by atoms with Gasteiger partial charge in [0.05, 0.1) is 5.56 Å². The molecule has 0 aliphatic heterocycles. The predicted octanol–water partition coefficient (Wildman–Crippen LogP) is 3.07. The third-order valence-electron chi connectivity index (χ3n) is 4.24. The molecule has 1 unspecified atom stereocenters. The molecule has 0 radical (unpaired) electrons. The second-order valence-corrected chi connectivity index (χ2v) is 5.46. The highest BCUT2D eigenvalue weighted by Crippen LogP contribution is 2.35. The van der Waals surface area contributed by atoms with Crippen LogP contribution >= 0.6 is 0 Å². The van der Waals surface area contributed by atoms with E-state index in [4.69, 9.17) is 5.26 Å². The first kappa shape index (κ1) is 12.1. The van der Waals surface area contributed by atoms with Gasteiger partial charge in [0.1, 0.15) is 11.9 Å². The molecule has 1 atom stereocenters. The number of rotatable bonds is 1. The Labute approximate surface area is 122 Å². The summed E-state index contributed by atoms with van der Waals surface area (Å²) in [5.74, 6) is 1.20. The minimum absolute atomic E-state index is 0.263. The molecule has 1 aliphatic carbocycles. The Morgan fingerprint density at radius 3 is 2.95 bits per heavy atom. The fourth-order valence-electron chi connectivity index (χ4n) is 3.23. The number of aryl methyl sites for hydroxylation is 1. The van der Waals surface area contributed by atoms with Crippen LogP contribution in [0.1, 0.15) is 41.3 Å². The molecule has 0 amide bonds. The average molecular weight is 274 g/mol. The molecule has 3 aromatic rings. The summed E-state index contributed by atoms with van der Waals surface area (Å²) >= 11 is 0. The zero-order valence-corrected chi connectivity index (χ0v) is 11.5. The van der Waals surface area contributed by atoms with Crippen LogP contribution in [-0.4, -0.2) is 14.6 Å². The van der Waals surface area contributed by atoms with Gasteiger partial charge in [-0.1, -0.05) is 24.3 Å². The second-order valence-electron chi connectivity index (χ2n) is 5.46. The second kappa shape index (κ2) is 4.71. The number of nitrogens with zero attached hydrogens (tertiary/aromatic N) is 4. The Morgan fingerprint density at radius 1 is 1.14 bits per heavy atom. The molecule has 1 aliphatic rings. The number of hydrogen-bond donors (Lipinski definition) is 0. The van der Waals surface area contributed by atoms with Crippen LogP contribution in [0.2, 0.25) is 0 Å². The Hall–Kier alpha value is -2.67. The van der Waals surface area contributed by atoms with Crippen molar-refractivity contribution in [3.63, 3.8) is 0 Å². The molecule has 0 bridgehead atoms. The van der Waals surface area contributed by atoms with Crippen molar-refractivity contribution in [2.45, 2.75) is 25.2 Å². The lowest BCUT2D eigenvalue weighted by Gasteiger charge is -2.24. The number of fused-ring (bicyclic) bond motifs is 2. The topological polar surface area (TPSA) is 54.0 Å². The van der Waals surface area contributed by atoms with Gasteiger partial charge in [-0.2, -0.15) is 5.26 Å². The van der Waals surface area contributed by atoms with Gasteiger partial charge in [0.25, 0.3) is 0 Å². The largest absolute Gasteiger partial charge is 0.285 e. The van der Waals surface area contributed by atoms with Crippen molar-refractivity contribution < 1.29 is 0 Å². The normalized spacial score (nSPS) is 17.4. The van der Waals surface area contributed by atoms with E-state index in [1.165, 1.54) is 11.1 Å². The van der Waals surface area contributed by atoms with Gasteiger partial charge in [-0.25, -0.2) is 0 Å². The highest BCUT2D eigenvalue weighted by atomic mass is 15.2. The molecule has 2 heterocycles. The van der Waals surface area contributed by atoms with E-state index < -0.39 is 0 Å². The monoisotopic (exact) mass is 274 g/mol. The molecule has 0 saturated heterocycles. The van der Waals surface area contributed by atoms with Gasteiger partial charge in [-0.3, -0.25) is 4.40 Å². The van der Waals surface area contributed by atoms with E-state index in [0.717, 1.165) is 30.7 Å². The molecule has 21 heavy (non-hydrogen) atoms. The zero-order valence-electron chi connectivity index (χ0n) is 11.5. The maximum atomic E-state index is 9.09. The van der Waals surface area contributed by atoms with Crippen LogP contribution in [0.15, 0.2) is 42.6 Å². The molecule has 0 N–H and O–H groups in total. The van der Waals surface area contributed by atoms with E-state index >= 15 is 0 Å². The van der Waals surface area contributed by atoms with Gasteiger partial charge in [-0.15, -0.1) is 10.2 Å². The zero-order chi connectivity index (χ0) is 14.2. The van der Waals surface area contributed by atoms with Crippen molar-refractivity contribution in [1.82, 2.24) is 14.6 Å². The van der Waals surface area contributed by atoms with Crippen LogP contribution in [0, 0.1) is 11.3 Å². The number of nitriles is 1. The summed E-state index contributed by atoms with van der Waals surface area (Å²) in [5, 5.41) is 17.7. The summed E-state index contributed by atoms with van der Waals surface area (Å²) in [6, 6.07) is 14.4. The minimum atomic E-state index is 0.263. The van der Waals surface area contributed by atoms with E-state index in [0.29, 0.717) is 5.56 Å². The van der Waals surface area contributed by atoms with E-state index in [2.05, 4.69) is 40.5 Å². The fraction of sp³-hybridized carbons (Fsp3) is 0.235. The molecule has 4 heteroatoms. The lowest BCUT2D eigenvalue weighted by Crippen LogP contribution is -2.13. The molecule has 0 saturated carbocycles. The first-order chi connectivity index (χ1) is 10.4. The van der Waals surface area contributed by atoms with Gasteiger partial charge < -0.3 is 0 Å². The number of benzene rings is 1. The Bertz CT molecular complexity index is 857. The molecule has 1 aromatic carbocycles. The number of aromatic nitrogens is 3. The lowest BCUT2D eigenvalue weighted by molar-refractivity contribution is 0.586. The third kappa shape index (κ3) is 1.90. The fourth-order valence-corrected chi connectivity index (χ4v) is 3.23. The lowest BCUT2D eigenvalue weighted by atomic mass is 9.82.